The maximum atomic E-state index is 11.9. The number of nitrogens with one attached hydrogen (secondary N) is 2. The van der Waals surface area contributed by atoms with E-state index < -0.39 is 0 Å². The molecular weight excluding hydrogens is 284 g/mol. The molecule has 0 atom stereocenters. The van der Waals surface area contributed by atoms with Gasteiger partial charge in [0.1, 0.15) is 11.1 Å². The second kappa shape index (κ2) is 8.13. The largest absolute Gasteiger partial charge is 0.317 e. The third-order valence-corrected chi connectivity index (χ3v) is 4.62. The van der Waals surface area contributed by atoms with Crippen molar-refractivity contribution in [2.45, 2.75) is 19.3 Å². The molecule has 114 valence electrons. The van der Waals surface area contributed by atoms with Gasteiger partial charge in [-0.05, 0) is 50.3 Å². The lowest BCUT2D eigenvalue weighted by molar-refractivity contribution is -0.116. The van der Waals surface area contributed by atoms with Crippen molar-refractivity contribution in [3.05, 3.63) is 17.0 Å². The molecule has 1 aliphatic rings. The molecule has 0 spiro atoms. The Morgan fingerprint density at radius 1 is 1.57 bits per heavy atom. The Morgan fingerprint density at radius 3 is 3.05 bits per heavy atom. The van der Waals surface area contributed by atoms with Crippen molar-refractivity contribution in [2.24, 2.45) is 5.92 Å². The minimum atomic E-state index is -0.0221. The zero-order valence-corrected chi connectivity index (χ0v) is 13.2. The van der Waals surface area contributed by atoms with Crippen LogP contribution in [0.1, 0.15) is 24.8 Å². The van der Waals surface area contributed by atoms with E-state index in [1.54, 1.807) is 6.07 Å². The first-order valence-corrected chi connectivity index (χ1v) is 8.23. The van der Waals surface area contributed by atoms with Crippen LogP contribution in [0, 0.1) is 17.2 Å². The lowest BCUT2D eigenvalue weighted by atomic mass is 9.98. The van der Waals surface area contributed by atoms with Gasteiger partial charge >= 0.3 is 0 Å². The average Bonchev–Trinajstić information content (AvgIpc) is 2.93. The van der Waals surface area contributed by atoms with Gasteiger partial charge in [-0.1, -0.05) is 0 Å². The molecule has 0 aliphatic carbocycles. The number of piperidine rings is 1. The summed E-state index contributed by atoms with van der Waals surface area (Å²) in [4.78, 5) is 14.2. The molecule has 5 nitrogen and oxygen atoms in total. The number of carbonyl (C=O) groups is 1. The molecule has 1 aromatic heterocycles. The highest BCUT2D eigenvalue weighted by Gasteiger charge is 2.15. The number of anilines is 1. The lowest BCUT2D eigenvalue weighted by Crippen LogP contribution is -2.35. The minimum Gasteiger partial charge on any atom is -0.317 e. The number of rotatable bonds is 6. The topological polar surface area (TPSA) is 68.2 Å². The Balaban J connectivity index is 1.69. The summed E-state index contributed by atoms with van der Waals surface area (Å²) in [6.07, 6.45) is 2.90. The monoisotopic (exact) mass is 306 g/mol. The average molecular weight is 306 g/mol. The van der Waals surface area contributed by atoms with Crippen molar-refractivity contribution in [2.75, 3.05) is 38.5 Å². The third kappa shape index (κ3) is 5.12. The molecule has 1 amide bonds. The molecule has 0 radical (unpaired) electrons. The molecule has 0 bridgehead atoms. The van der Waals surface area contributed by atoms with E-state index in [4.69, 9.17) is 5.26 Å². The van der Waals surface area contributed by atoms with Gasteiger partial charge in [-0.2, -0.15) is 5.26 Å². The Morgan fingerprint density at radius 2 is 2.33 bits per heavy atom. The van der Waals surface area contributed by atoms with Crippen LogP contribution in [0.5, 0.6) is 0 Å². The zero-order valence-electron chi connectivity index (χ0n) is 12.4. The number of hydrogen-bond donors (Lipinski definition) is 2. The van der Waals surface area contributed by atoms with Crippen molar-refractivity contribution in [1.29, 1.82) is 5.26 Å². The molecule has 1 fully saturated rings. The van der Waals surface area contributed by atoms with Gasteiger partial charge in [0.05, 0.1) is 5.56 Å². The van der Waals surface area contributed by atoms with E-state index in [0.29, 0.717) is 17.0 Å². The van der Waals surface area contributed by atoms with E-state index in [2.05, 4.69) is 28.7 Å². The molecule has 1 aromatic rings. The van der Waals surface area contributed by atoms with Crippen LogP contribution >= 0.6 is 11.3 Å². The van der Waals surface area contributed by atoms with Crippen molar-refractivity contribution < 1.29 is 4.79 Å². The predicted octanol–water partition coefficient (Wildman–Crippen LogP) is 1.88. The van der Waals surface area contributed by atoms with Gasteiger partial charge in [0.2, 0.25) is 5.91 Å². The Bertz CT molecular complexity index is 502. The molecule has 0 unspecified atom stereocenters. The van der Waals surface area contributed by atoms with Crippen LogP contribution in [0.2, 0.25) is 0 Å². The smallest absolute Gasteiger partial charge is 0.226 e. The molecule has 2 rings (SSSR count). The molecule has 0 saturated carbocycles. The van der Waals surface area contributed by atoms with Crippen molar-refractivity contribution in [1.82, 2.24) is 10.2 Å². The highest BCUT2D eigenvalue weighted by Crippen LogP contribution is 2.22. The minimum absolute atomic E-state index is 0.0221. The van der Waals surface area contributed by atoms with Crippen LogP contribution in [0.4, 0.5) is 5.00 Å². The zero-order chi connectivity index (χ0) is 15.1. The summed E-state index contributed by atoms with van der Waals surface area (Å²) in [5.41, 5.74) is 0.538. The maximum absolute atomic E-state index is 11.9. The first-order chi connectivity index (χ1) is 10.2. The number of thiophene rings is 1. The van der Waals surface area contributed by atoms with Crippen molar-refractivity contribution in [3.63, 3.8) is 0 Å². The SMILES string of the molecule is CN(CCC(=O)Nc1sccc1C#N)CC1CCNCC1. The van der Waals surface area contributed by atoms with Gasteiger partial charge in [0.25, 0.3) is 0 Å². The summed E-state index contributed by atoms with van der Waals surface area (Å²) in [7, 11) is 2.07. The molecule has 0 aromatic carbocycles. The maximum Gasteiger partial charge on any atom is 0.226 e. The van der Waals surface area contributed by atoms with Gasteiger partial charge in [0, 0.05) is 19.5 Å². The Hall–Kier alpha value is -1.42. The van der Waals surface area contributed by atoms with E-state index in [9.17, 15) is 4.79 Å². The molecule has 1 saturated heterocycles. The van der Waals surface area contributed by atoms with Crippen molar-refractivity contribution in [3.8, 4) is 6.07 Å². The predicted molar refractivity (Wildman–Crippen MR) is 85.4 cm³/mol. The van der Waals surface area contributed by atoms with Crippen LogP contribution in [0.15, 0.2) is 11.4 Å². The standard InChI is InChI=1S/C15H22N4OS/c1-19(11-12-2-6-17-7-3-12)8-4-14(20)18-15-13(10-16)5-9-21-15/h5,9,12,17H,2-4,6-8,11H2,1H3,(H,18,20). The second-order valence-corrected chi connectivity index (χ2v) is 6.45. The summed E-state index contributed by atoms with van der Waals surface area (Å²) < 4.78 is 0. The van der Waals surface area contributed by atoms with Gasteiger partial charge in [-0.25, -0.2) is 0 Å². The van der Waals surface area contributed by atoms with Crippen LogP contribution in [-0.2, 0) is 4.79 Å². The molecule has 6 heteroatoms. The van der Waals surface area contributed by atoms with Gasteiger partial charge < -0.3 is 15.5 Å². The number of carbonyl (C=O) groups excluding carboxylic acids is 1. The normalized spacial score (nSPS) is 15.9. The van der Waals surface area contributed by atoms with Crippen LogP contribution < -0.4 is 10.6 Å². The van der Waals surface area contributed by atoms with Crippen LogP contribution in [0.25, 0.3) is 0 Å². The molecule has 2 N–H and O–H groups in total. The number of nitrogens with zero attached hydrogens (tertiary/aromatic N) is 2. The summed E-state index contributed by atoms with van der Waals surface area (Å²) >= 11 is 1.39. The lowest BCUT2D eigenvalue weighted by Gasteiger charge is -2.27. The third-order valence-electron chi connectivity index (χ3n) is 3.79. The van der Waals surface area contributed by atoms with E-state index in [-0.39, 0.29) is 5.91 Å². The fourth-order valence-electron chi connectivity index (χ4n) is 2.57. The van der Waals surface area contributed by atoms with Gasteiger partial charge in [-0.3, -0.25) is 4.79 Å². The fraction of sp³-hybridized carbons (Fsp3) is 0.600. The summed E-state index contributed by atoms with van der Waals surface area (Å²) in [5, 5.41) is 17.6. The van der Waals surface area contributed by atoms with E-state index in [0.717, 1.165) is 32.1 Å². The van der Waals surface area contributed by atoms with E-state index >= 15 is 0 Å². The molecule has 21 heavy (non-hydrogen) atoms. The second-order valence-electron chi connectivity index (χ2n) is 5.53. The highest BCUT2D eigenvalue weighted by atomic mass is 32.1. The van der Waals surface area contributed by atoms with Crippen LogP contribution in [-0.4, -0.2) is 44.0 Å². The summed E-state index contributed by atoms with van der Waals surface area (Å²) in [6, 6.07) is 3.81. The molecule has 1 aliphatic heterocycles. The van der Waals surface area contributed by atoms with Crippen LogP contribution in [0.3, 0.4) is 0 Å². The number of hydrogen-bond acceptors (Lipinski definition) is 5. The van der Waals surface area contributed by atoms with Gasteiger partial charge in [0.15, 0.2) is 0 Å². The van der Waals surface area contributed by atoms with E-state index in [1.165, 1.54) is 24.2 Å². The Kier molecular flexibility index (Phi) is 6.18. The first kappa shape index (κ1) is 16.0. The summed E-state index contributed by atoms with van der Waals surface area (Å²) in [6.45, 7) is 4.02. The fourth-order valence-corrected chi connectivity index (χ4v) is 3.33. The van der Waals surface area contributed by atoms with Gasteiger partial charge in [-0.15, -0.1) is 11.3 Å². The Labute approximate surface area is 129 Å². The molecular formula is C15H22N4OS. The first-order valence-electron chi connectivity index (χ1n) is 7.35. The quantitative estimate of drug-likeness (QED) is 0.842. The molecule has 2 heterocycles. The van der Waals surface area contributed by atoms with Crippen molar-refractivity contribution >= 4 is 22.2 Å². The number of nitriles is 1. The van der Waals surface area contributed by atoms with E-state index in [1.807, 2.05) is 5.38 Å². The summed E-state index contributed by atoms with van der Waals surface area (Å²) in [5.74, 6) is 0.716. The highest BCUT2D eigenvalue weighted by molar-refractivity contribution is 7.14. The number of amides is 1.